The minimum absolute atomic E-state index is 0.390. The first-order valence-corrected chi connectivity index (χ1v) is 12.3. The van der Waals surface area contributed by atoms with Gasteiger partial charge in [0.05, 0.1) is 6.26 Å². The van der Waals surface area contributed by atoms with Gasteiger partial charge < -0.3 is 14.9 Å². The van der Waals surface area contributed by atoms with Crippen molar-refractivity contribution in [2.24, 2.45) is 5.92 Å². The zero-order valence-corrected chi connectivity index (χ0v) is 18.5. The van der Waals surface area contributed by atoms with Crippen LogP contribution in [0.2, 0.25) is 0 Å². The monoisotopic (exact) mass is 423 g/mol. The number of carboxylic acid groups (broad SMARTS) is 1. The Labute approximate surface area is 174 Å². The molecule has 0 spiro atoms. The van der Waals surface area contributed by atoms with Crippen molar-refractivity contribution in [2.45, 2.75) is 51.6 Å². The number of benzene rings is 1. The van der Waals surface area contributed by atoms with Crippen LogP contribution in [0.15, 0.2) is 18.2 Å². The smallest absolute Gasteiger partial charge is 0.407 e. The highest BCUT2D eigenvalue weighted by Crippen LogP contribution is 2.28. The van der Waals surface area contributed by atoms with Gasteiger partial charge in [0.1, 0.15) is 0 Å². The summed E-state index contributed by atoms with van der Waals surface area (Å²) in [5, 5.41) is 9.07. The Morgan fingerprint density at radius 2 is 1.93 bits per heavy atom. The van der Waals surface area contributed by atoms with Crippen LogP contribution in [-0.4, -0.2) is 67.8 Å². The molecule has 0 aromatic heterocycles. The van der Waals surface area contributed by atoms with Crippen LogP contribution < -0.4 is 4.90 Å². The molecule has 2 aliphatic heterocycles. The van der Waals surface area contributed by atoms with Gasteiger partial charge in [-0.15, -0.1) is 0 Å². The molecule has 0 bridgehead atoms. The van der Waals surface area contributed by atoms with Crippen LogP contribution in [-0.2, 0) is 23.0 Å². The van der Waals surface area contributed by atoms with Crippen LogP contribution in [0.25, 0.3) is 0 Å². The molecule has 1 N–H and O–H groups in total. The van der Waals surface area contributed by atoms with Crippen molar-refractivity contribution < 1.29 is 18.3 Å². The molecule has 7 nitrogen and oxygen atoms in total. The van der Waals surface area contributed by atoms with E-state index in [1.54, 1.807) is 0 Å². The number of fused-ring (bicyclic) bond motifs is 1. The largest absolute Gasteiger partial charge is 0.465 e. The highest BCUT2D eigenvalue weighted by molar-refractivity contribution is 7.88. The summed E-state index contributed by atoms with van der Waals surface area (Å²) in [4.78, 5) is 14.8. The van der Waals surface area contributed by atoms with Crippen LogP contribution in [0, 0.1) is 5.92 Å². The van der Waals surface area contributed by atoms with Crippen LogP contribution in [0.1, 0.15) is 43.7 Å². The molecular weight excluding hydrogens is 390 g/mol. The van der Waals surface area contributed by atoms with Crippen molar-refractivity contribution in [3.8, 4) is 0 Å². The van der Waals surface area contributed by atoms with Gasteiger partial charge >= 0.3 is 6.09 Å². The number of nitrogens with zero attached hydrogens (tertiary/aromatic N) is 3. The molecule has 0 radical (unpaired) electrons. The van der Waals surface area contributed by atoms with Crippen molar-refractivity contribution in [3.05, 3.63) is 29.3 Å². The molecule has 0 aliphatic carbocycles. The summed E-state index contributed by atoms with van der Waals surface area (Å²) in [6, 6.07) is 6.75. The summed E-state index contributed by atoms with van der Waals surface area (Å²) in [5.41, 5.74) is 3.50. The van der Waals surface area contributed by atoms with E-state index < -0.39 is 16.1 Å². The molecule has 1 saturated heterocycles. The molecule has 8 heteroatoms. The number of piperidine rings is 1. The first-order valence-electron chi connectivity index (χ1n) is 10.4. The van der Waals surface area contributed by atoms with Gasteiger partial charge in [-0.3, -0.25) is 0 Å². The lowest BCUT2D eigenvalue weighted by molar-refractivity contribution is 0.122. The Morgan fingerprint density at radius 1 is 1.24 bits per heavy atom. The first-order chi connectivity index (χ1) is 13.6. The summed E-state index contributed by atoms with van der Waals surface area (Å²) < 4.78 is 25.1. The number of hydrogen-bond acceptors (Lipinski definition) is 4. The average molecular weight is 424 g/mol. The third-order valence-electron chi connectivity index (χ3n) is 6.58. The fraction of sp³-hybridized carbons (Fsp3) is 0.667. The van der Waals surface area contributed by atoms with Crippen molar-refractivity contribution >= 4 is 21.8 Å². The third-order valence-corrected chi connectivity index (χ3v) is 7.83. The van der Waals surface area contributed by atoms with Crippen LogP contribution in [0.3, 0.4) is 0 Å². The molecule has 1 fully saturated rings. The molecule has 1 amide bonds. The number of hydrogen-bond donors (Lipinski definition) is 1. The first kappa shape index (κ1) is 21.9. The Kier molecular flexibility index (Phi) is 6.73. The molecular formula is C21H33N3O4S. The van der Waals surface area contributed by atoms with Gasteiger partial charge in [0.15, 0.2) is 0 Å². The second-order valence-electron chi connectivity index (χ2n) is 8.55. The van der Waals surface area contributed by atoms with Crippen molar-refractivity contribution in [1.29, 1.82) is 0 Å². The lowest BCUT2D eigenvalue weighted by Gasteiger charge is -2.33. The van der Waals surface area contributed by atoms with E-state index in [4.69, 9.17) is 5.11 Å². The van der Waals surface area contributed by atoms with E-state index in [-0.39, 0.29) is 0 Å². The van der Waals surface area contributed by atoms with Crippen molar-refractivity contribution in [1.82, 2.24) is 9.21 Å². The molecule has 162 valence electrons. The van der Waals surface area contributed by atoms with Crippen LogP contribution >= 0.6 is 0 Å². The van der Waals surface area contributed by atoms with E-state index >= 15 is 0 Å². The summed E-state index contributed by atoms with van der Waals surface area (Å²) in [5.74, 6) is 0.604. The minimum Gasteiger partial charge on any atom is -0.465 e. The standard InChI is InChI=1S/C21H33N3O4S/c1-16(4-5-17-8-11-23(12-9-17)21(25)26)22(2)20-7-6-19-15-24(29(3,27)28)13-10-18(19)14-20/h6-7,14,16-17H,4-5,8-13,15H2,1-3H3,(H,25,26). The van der Waals surface area contributed by atoms with Gasteiger partial charge in [0.2, 0.25) is 10.0 Å². The maximum atomic E-state index is 11.8. The van der Waals surface area contributed by atoms with E-state index in [1.807, 2.05) is 0 Å². The molecule has 0 saturated carbocycles. The van der Waals surface area contributed by atoms with Crippen molar-refractivity contribution in [3.63, 3.8) is 0 Å². The maximum absolute atomic E-state index is 11.8. The predicted octanol–water partition coefficient (Wildman–Crippen LogP) is 3.00. The number of carbonyl (C=O) groups is 1. The number of rotatable bonds is 6. The van der Waals surface area contributed by atoms with E-state index in [0.717, 1.165) is 37.7 Å². The zero-order chi connectivity index (χ0) is 21.2. The number of amides is 1. The second-order valence-corrected chi connectivity index (χ2v) is 10.5. The Bertz CT molecular complexity index is 834. The normalized spacial score (nSPS) is 19.6. The Balaban J connectivity index is 1.54. The molecule has 1 atom stereocenters. The van der Waals surface area contributed by atoms with Crippen molar-refractivity contribution in [2.75, 3.05) is 37.8 Å². The highest BCUT2D eigenvalue weighted by atomic mass is 32.2. The topological polar surface area (TPSA) is 81.2 Å². The number of anilines is 1. The van der Waals surface area contributed by atoms with Gasteiger partial charge in [0.25, 0.3) is 0 Å². The molecule has 1 unspecified atom stereocenters. The predicted molar refractivity (Wildman–Crippen MR) is 115 cm³/mol. The summed E-state index contributed by atoms with van der Waals surface area (Å²) in [7, 11) is -1.03. The lowest BCUT2D eigenvalue weighted by atomic mass is 9.90. The lowest BCUT2D eigenvalue weighted by Crippen LogP contribution is -2.38. The van der Waals surface area contributed by atoms with Gasteiger partial charge in [0, 0.05) is 45.0 Å². The van der Waals surface area contributed by atoms with Crippen LogP contribution in [0.5, 0.6) is 0 Å². The zero-order valence-electron chi connectivity index (χ0n) is 17.7. The van der Waals surface area contributed by atoms with E-state index in [2.05, 4.69) is 37.1 Å². The summed E-state index contributed by atoms with van der Waals surface area (Å²) in [6.45, 7) is 4.54. The van der Waals surface area contributed by atoms with Gasteiger partial charge in [-0.25, -0.2) is 13.2 Å². The molecule has 1 aromatic carbocycles. The summed E-state index contributed by atoms with van der Waals surface area (Å²) >= 11 is 0. The fourth-order valence-corrected chi connectivity index (χ4v) is 5.15. The SMILES string of the molecule is CC(CCC1CCN(C(=O)O)CC1)N(C)c1ccc2c(c1)CCN(S(C)(=O)=O)C2. The highest BCUT2D eigenvalue weighted by Gasteiger charge is 2.25. The Hall–Kier alpha value is -1.80. The molecule has 29 heavy (non-hydrogen) atoms. The number of sulfonamides is 1. The van der Waals surface area contributed by atoms with E-state index in [0.29, 0.717) is 38.1 Å². The van der Waals surface area contributed by atoms with Gasteiger partial charge in [-0.05, 0) is 68.2 Å². The summed E-state index contributed by atoms with van der Waals surface area (Å²) in [6.07, 6.45) is 5.33. The molecule has 1 aromatic rings. The molecule has 3 rings (SSSR count). The minimum atomic E-state index is -3.15. The Morgan fingerprint density at radius 3 is 2.55 bits per heavy atom. The van der Waals surface area contributed by atoms with Gasteiger partial charge in [-0.1, -0.05) is 6.07 Å². The molecule has 2 aliphatic rings. The van der Waals surface area contributed by atoms with Gasteiger partial charge in [-0.2, -0.15) is 4.31 Å². The van der Waals surface area contributed by atoms with E-state index in [1.165, 1.54) is 26.7 Å². The second kappa shape index (κ2) is 8.92. The van der Waals surface area contributed by atoms with Crippen LogP contribution in [0.4, 0.5) is 10.5 Å². The average Bonchev–Trinajstić information content (AvgIpc) is 2.70. The quantitative estimate of drug-likeness (QED) is 0.761. The maximum Gasteiger partial charge on any atom is 0.407 e. The van der Waals surface area contributed by atoms with E-state index in [9.17, 15) is 13.2 Å². The third kappa shape index (κ3) is 5.42. The fourth-order valence-electron chi connectivity index (χ4n) is 4.35. The number of likely N-dealkylation sites (tertiary alicyclic amines) is 1. The molecule has 2 heterocycles.